The van der Waals surface area contributed by atoms with Crippen LogP contribution in [0.25, 0.3) is 4.91 Å². The minimum absolute atomic E-state index is 0.182. The third-order valence-electron chi connectivity index (χ3n) is 6.76. The van der Waals surface area contributed by atoms with Gasteiger partial charge in [0, 0.05) is 21.6 Å². The van der Waals surface area contributed by atoms with E-state index in [0.29, 0.717) is 15.4 Å². The normalized spacial score (nSPS) is 33.4. The standard InChI is InChI=1S/C23H15F6NS2/c1-11-8-14-17-18(22(26,27)23(28,29)21(17,24)25)15-9-16(13-7-5-4-6-12(13)10-30)32-20(15,3)19(14,2)31-11/h4-9H,1-3H3. The van der Waals surface area contributed by atoms with E-state index in [-0.39, 0.29) is 16.7 Å². The number of thioether (sulfide) groups is 2. The summed E-state index contributed by atoms with van der Waals surface area (Å²) in [4.78, 5) is 0.992. The molecule has 4 aliphatic rings. The van der Waals surface area contributed by atoms with Crippen molar-refractivity contribution in [1.82, 2.24) is 0 Å². The van der Waals surface area contributed by atoms with Crippen LogP contribution in [0.5, 0.6) is 0 Å². The summed E-state index contributed by atoms with van der Waals surface area (Å²) in [5.41, 5.74) is -2.24. The van der Waals surface area contributed by atoms with Gasteiger partial charge in [0.15, 0.2) is 0 Å². The first-order valence-corrected chi connectivity index (χ1v) is 11.3. The van der Waals surface area contributed by atoms with Crippen LogP contribution in [0.15, 0.2) is 63.6 Å². The largest absolute Gasteiger partial charge is 0.380 e. The molecule has 1 aromatic carbocycles. The molecule has 1 aromatic rings. The molecular weight excluding hydrogens is 468 g/mol. The molecule has 2 unspecified atom stereocenters. The van der Waals surface area contributed by atoms with E-state index in [9.17, 15) is 22.8 Å². The van der Waals surface area contributed by atoms with Crippen molar-refractivity contribution in [1.29, 1.82) is 5.26 Å². The Morgan fingerprint density at radius 3 is 1.94 bits per heavy atom. The molecule has 9 heteroatoms. The molecule has 2 aliphatic carbocycles. The average molecular weight is 484 g/mol. The van der Waals surface area contributed by atoms with Crippen LogP contribution >= 0.6 is 23.5 Å². The second kappa shape index (κ2) is 6.09. The van der Waals surface area contributed by atoms with Gasteiger partial charge in [0.25, 0.3) is 0 Å². The molecule has 1 nitrogen and oxygen atoms in total. The van der Waals surface area contributed by atoms with Crippen molar-refractivity contribution in [3.63, 3.8) is 0 Å². The van der Waals surface area contributed by atoms with Crippen molar-refractivity contribution >= 4 is 28.4 Å². The van der Waals surface area contributed by atoms with E-state index in [1.807, 2.05) is 6.07 Å². The van der Waals surface area contributed by atoms with E-state index in [0.717, 1.165) is 11.8 Å². The van der Waals surface area contributed by atoms with E-state index >= 15 is 8.78 Å². The maximum atomic E-state index is 15.1. The molecule has 2 heterocycles. The zero-order valence-corrected chi connectivity index (χ0v) is 18.6. The number of hydrogen-bond donors (Lipinski definition) is 0. The summed E-state index contributed by atoms with van der Waals surface area (Å²) in [7, 11) is 0. The molecule has 0 aromatic heterocycles. The number of hydrogen-bond acceptors (Lipinski definition) is 3. The Morgan fingerprint density at radius 1 is 0.812 bits per heavy atom. The van der Waals surface area contributed by atoms with E-state index < -0.39 is 38.4 Å². The molecule has 0 saturated heterocycles. The van der Waals surface area contributed by atoms with Crippen molar-refractivity contribution in [3.8, 4) is 6.07 Å². The average Bonchev–Trinajstić information content (AvgIpc) is 3.26. The van der Waals surface area contributed by atoms with Crippen LogP contribution in [-0.4, -0.2) is 27.3 Å². The quantitative estimate of drug-likeness (QED) is 0.391. The fourth-order valence-electron chi connectivity index (χ4n) is 5.01. The Bertz CT molecular complexity index is 1270. The Hall–Kier alpha value is -2.05. The van der Waals surface area contributed by atoms with Gasteiger partial charge in [0.2, 0.25) is 0 Å². The van der Waals surface area contributed by atoms with Gasteiger partial charge >= 0.3 is 17.8 Å². The van der Waals surface area contributed by atoms with Crippen LogP contribution < -0.4 is 0 Å². The minimum Gasteiger partial charge on any atom is -0.194 e. The zero-order chi connectivity index (χ0) is 23.5. The van der Waals surface area contributed by atoms with E-state index in [1.165, 1.54) is 23.9 Å². The molecule has 166 valence electrons. The third-order valence-corrected chi connectivity index (χ3v) is 9.96. The summed E-state index contributed by atoms with van der Waals surface area (Å²) in [5, 5.41) is 9.47. The van der Waals surface area contributed by atoms with E-state index in [2.05, 4.69) is 0 Å². The Morgan fingerprint density at radius 2 is 1.34 bits per heavy atom. The highest BCUT2D eigenvalue weighted by Gasteiger charge is 2.84. The maximum absolute atomic E-state index is 15.1. The van der Waals surface area contributed by atoms with Crippen LogP contribution in [0, 0.1) is 11.3 Å². The second-order valence-electron chi connectivity index (χ2n) is 8.49. The van der Waals surface area contributed by atoms with Gasteiger partial charge in [-0.2, -0.15) is 31.6 Å². The number of fused-ring (bicyclic) bond motifs is 4. The van der Waals surface area contributed by atoms with Crippen LogP contribution in [0.2, 0.25) is 0 Å². The maximum Gasteiger partial charge on any atom is 0.380 e. The lowest BCUT2D eigenvalue weighted by Crippen LogP contribution is -2.48. The predicted molar refractivity (Wildman–Crippen MR) is 114 cm³/mol. The first-order chi connectivity index (χ1) is 14.7. The van der Waals surface area contributed by atoms with Crippen molar-refractivity contribution in [2.24, 2.45) is 0 Å². The lowest BCUT2D eigenvalue weighted by Gasteiger charge is -2.47. The lowest BCUT2D eigenvalue weighted by molar-refractivity contribution is -0.258. The molecular formula is C23H15F6NS2. The molecule has 1 saturated carbocycles. The molecule has 2 atom stereocenters. The Balaban J connectivity index is 1.89. The summed E-state index contributed by atoms with van der Waals surface area (Å²) in [6.45, 7) is 4.90. The fourth-order valence-corrected chi connectivity index (χ4v) is 8.14. The van der Waals surface area contributed by atoms with Gasteiger partial charge in [-0.1, -0.05) is 18.2 Å². The van der Waals surface area contributed by atoms with Gasteiger partial charge in [0.1, 0.15) is 0 Å². The first-order valence-electron chi connectivity index (χ1n) is 9.66. The van der Waals surface area contributed by atoms with E-state index in [1.54, 1.807) is 45.0 Å². The Kier molecular flexibility index (Phi) is 4.14. The van der Waals surface area contributed by atoms with Gasteiger partial charge in [-0.25, -0.2) is 0 Å². The second-order valence-corrected chi connectivity index (χ2v) is 11.6. The molecule has 0 N–H and O–H groups in total. The highest BCUT2D eigenvalue weighted by Crippen LogP contribution is 2.74. The number of nitriles is 1. The van der Waals surface area contributed by atoms with E-state index in [4.69, 9.17) is 0 Å². The van der Waals surface area contributed by atoms with Crippen molar-refractivity contribution in [2.75, 3.05) is 0 Å². The third kappa shape index (κ3) is 2.21. The molecule has 1 fully saturated rings. The summed E-state index contributed by atoms with van der Waals surface area (Å²) in [6, 6.07) is 8.52. The summed E-state index contributed by atoms with van der Waals surface area (Å²) in [6.07, 6.45) is 2.62. The van der Waals surface area contributed by atoms with Crippen molar-refractivity contribution < 1.29 is 26.3 Å². The monoisotopic (exact) mass is 483 g/mol. The number of alkyl halides is 6. The number of halogens is 6. The molecule has 0 spiro atoms. The van der Waals surface area contributed by atoms with Gasteiger partial charge in [-0.05, 0) is 55.0 Å². The fraction of sp³-hybridized carbons (Fsp3) is 0.348. The van der Waals surface area contributed by atoms with Gasteiger partial charge in [0.05, 0.1) is 21.1 Å². The van der Waals surface area contributed by atoms with Crippen molar-refractivity contribution in [2.45, 2.75) is 48.0 Å². The highest BCUT2D eigenvalue weighted by molar-refractivity contribution is 8.12. The number of rotatable bonds is 1. The smallest absolute Gasteiger partial charge is 0.194 e. The van der Waals surface area contributed by atoms with Crippen molar-refractivity contribution in [3.05, 3.63) is 74.7 Å². The SMILES string of the molecule is CC1=CC2=C3C(=C4C=C(c5ccccc5C#N)SC4(C)C2(C)S1)C(F)(F)C(F)(F)C3(F)F. The van der Waals surface area contributed by atoms with Gasteiger partial charge in [-0.3, -0.25) is 0 Å². The summed E-state index contributed by atoms with van der Waals surface area (Å²) < 4.78 is 86.8. The predicted octanol–water partition coefficient (Wildman–Crippen LogP) is 7.34. The summed E-state index contributed by atoms with van der Waals surface area (Å²) >= 11 is 2.36. The molecule has 32 heavy (non-hydrogen) atoms. The Labute approximate surface area is 188 Å². The van der Waals surface area contributed by atoms with Crippen LogP contribution in [0.4, 0.5) is 26.3 Å². The van der Waals surface area contributed by atoms with Crippen LogP contribution in [-0.2, 0) is 0 Å². The number of benzene rings is 1. The molecule has 0 bridgehead atoms. The lowest BCUT2D eigenvalue weighted by atomic mass is 9.71. The molecule has 2 aliphatic heterocycles. The van der Waals surface area contributed by atoms with Gasteiger partial charge < -0.3 is 0 Å². The first kappa shape index (κ1) is 21.8. The highest BCUT2D eigenvalue weighted by atomic mass is 32.2. The van der Waals surface area contributed by atoms with Gasteiger partial charge in [-0.15, -0.1) is 23.5 Å². The number of allylic oxidation sites excluding steroid dienone is 5. The summed E-state index contributed by atoms with van der Waals surface area (Å²) in [5.74, 6) is -15.6. The molecule has 0 radical (unpaired) electrons. The zero-order valence-electron chi connectivity index (χ0n) is 17.0. The molecule has 0 amide bonds. The topological polar surface area (TPSA) is 23.8 Å². The minimum atomic E-state index is -5.56. The van der Waals surface area contributed by atoms with Crippen LogP contribution in [0.1, 0.15) is 31.9 Å². The molecule has 5 rings (SSSR count). The van der Waals surface area contributed by atoms with Crippen LogP contribution in [0.3, 0.4) is 0 Å². The number of nitrogens with zero attached hydrogens (tertiary/aromatic N) is 1.